The molecule has 0 saturated carbocycles. The molecule has 2 aliphatic rings. The maximum Gasteiger partial charge on any atom is 0.278 e. The van der Waals surface area contributed by atoms with E-state index in [1.54, 1.807) is 29.2 Å². The quantitative estimate of drug-likeness (QED) is 0.470. The number of nitrogens with one attached hydrogen (secondary N) is 1. The van der Waals surface area contributed by atoms with Crippen molar-refractivity contribution in [2.75, 3.05) is 11.7 Å². The third-order valence-corrected chi connectivity index (χ3v) is 7.08. The van der Waals surface area contributed by atoms with Gasteiger partial charge in [-0.15, -0.1) is 0 Å². The molecule has 0 saturated heterocycles. The van der Waals surface area contributed by atoms with Gasteiger partial charge in [-0.25, -0.2) is 13.2 Å². The van der Waals surface area contributed by atoms with Crippen LogP contribution in [0.15, 0.2) is 65.6 Å². The highest BCUT2D eigenvalue weighted by atomic mass is 19.1. The van der Waals surface area contributed by atoms with Gasteiger partial charge in [0.25, 0.3) is 11.8 Å². The van der Waals surface area contributed by atoms with Gasteiger partial charge in [0, 0.05) is 42.5 Å². The molecule has 2 atom stereocenters. The number of pyridine rings is 1. The number of benzene rings is 2. The highest BCUT2D eigenvalue weighted by molar-refractivity contribution is 5.99. The number of hydrogen-bond donors (Lipinski definition) is 1. The van der Waals surface area contributed by atoms with Crippen LogP contribution in [0.5, 0.6) is 5.75 Å². The van der Waals surface area contributed by atoms with Gasteiger partial charge in [-0.2, -0.15) is 0 Å². The Morgan fingerprint density at radius 2 is 1.77 bits per heavy atom. The van der Waals surface area contributed by atoms with E-state index in [0.29, 0.717) is 18.6 Å². The maximum absolute atomic E-state index is 14.2. The highest BCUT2D eigenvalue weighted by Gasteiger charge is 2.38. The van der Waals surface area contributed by atoms with Gasteiger partial charge in [0.15, 0.2) is 11.4 Å². The molecule has 1 unspecified atom stereocenters. The normalized spacial score (nSPS) is 19.0. The minimum absolute atomic E-state index is 0.0200. The van der Waals surface area contributed by atoms with Gasteiger partial charge in [-0.3, -0.25) is 24.1 Å². The number of fused-ring (bicyclic) bond motifs is 4. The first kappa shape index (κ1) is 27.0. The number of amides is 2. The van der Waals surface area contributed by atoms with Crippen LogP contribution in [0.1, 0.15) is 52.2 Å². The average molecular weight is 553 g/mol. The Kier molecular flexibility index (Phi) is 7.38. The summed E-state index contributed by atoms with van der Waals surface area (Å²) >= 11 is 0. The van der Waals surface area contributed by atoms with Crippen LogP contribution in [0.25, 0.3) is 0 Å². The molecule has 0 aliphatic carbocycles. The van der Waals surface area contributed by atoms with Gasteiger partial charge < -0.3 is 15.0 Å². The standard InChI is InChI=1S/C29H27F3N4O4/c1-17-7-6-8-18(2)36-16-34(17)29(39)25-27(40-15-19-9-4-3-5-10-19)26(37)22(14-35(25)36)28(38)33-13-21-23(31)11-20(30)12-24(21)32/h3-7,9-12,14,17-18H,8,13,15-16H2,1-2H3,(H,33,38)/b7-6-/t17?,18-/m1/s1. The highest BCUT2D eigenvalue weighted by Crippen LogP contribution is 2.28. The first-order valence-electron chi connectivity index (χ1n) is 12.8. The topological polar surface area (TPSA) is 83.9 Å². The van der Waals surface area contributed by atoms with Gasteiger partial charge in [-0.1, -0.05) is 42.5 Å². The van der Waals surface area contributed by atoms with Crippen LogP contribution in [0.4, 0.5) is 13.2 Å². The Morgan fingerprint density at radius 3 is 2.48 bits per heavy atom. The molecule has 2 bridgehead atoms. The predicted molar refractivity (Wildman–Crippen MR) is 141 cm³/mol. The summed E-state index contributed by atoms with van der Waals surface area (Å²) in [4.78, 5) is 42.2. The molecular weight excluding hydrogens is 525 g/mol. The second kappa shape index (κ2) is 10.9. The molecule has 40 heavy (non-hydrogen) atoms. The molecule has 2 amide bonds. The van der Waals surface area contributed by atoms with Crippen LogP contribution in [0, 0.1) is 17.5 Å². The summed E-state index contributed by atoms with van der Waals surface area (Å²) in [5.41, 5.74) is -1.07. The lowest BCUT2D eigenvalue weighted by molar-refractivity contribution is 0.0631. The second-order valence-corrected chi connectivity index (χ2v) is 9.81. The van der Waals surface area contributed by atoms with Crippen molar-refractivity contribution >= 4 is 11.8 Å². The van der Waals surface area contributed by atoms with Gasteiger partial charge in [-0.05, 0) is 25.8 Å². The Balaban J connectivity index is 1.57. The van der Waals surface area contributed by atoms with E-state index in [9.17, 15) is 27.6 Å². The van der Waals surface area contributed by atoms with Gasteiger partial charge in [0.05, 0.1) is 0 Å². The Labute approximate surface area is 228 Å². The van der Waals surface area contributed by atoms with Crippen LogP contribution in [0.2, 0.25) is 0 Å². The molecule has 2 aliphatic heterocycles. The summed E-state index contributed by atoms with van der Waals surface area (Å²) in [5, 5.41) is 4.19. The number of rotatable bonds is 6. The first-order valence-corrected chi connectivity index (χ1v) is 12.8. The van der Waals surface area contributed by atoms with Crippen molar-refractivity contribution in [2.45, 2.75) is 45.5 Å². The molecule has 1 aromatic heterocycles. The SMILES string of the molecule is CC1/C=C\C[C@@H](C)N2CN1C(=O)c1c(OCc3ccccc3)c(=O)c(C(=O)NCc3c(F)cc(F)cc3F)cn12. The van der Waals surface area contributed by atoms with E-state index < -0.39 is 46.8 Å². The summed E-state index contributed by atoms with van der Waals surface area (Å²) in [6.07, 6.45) is 5.80. The minimum Gasteiger partial charge on any atom is -0.482 e. The summed E-state index contributed by atoms with van der Waals surface area (Å²) in [6, 6.07) is 9.64. The molecule has 0 spiro atoms. The average Bonchev–Trinajstić information content (AvgIpc) is 2.91. The zero-order valence-corrected chi connectivity index (χ0v) is 21.9. The van der Waals surface area contributed by atoms with Crippen molar-refractivity contribution in [3.05, 3.63) is 111 Å². The molecule has 0 fully saturated rings. The molecule has 5 rings (SSSR count). The fourth-order valence-electron chi connectivity index (χ4n) is 4.80. The Bertz CT molecular complexity index is 1530. The van der Waals surface area contributed by atoms with Crippen molar-refractivity contribution < 1.29 is 27.5 Å². The van der Waals surface area contributed by atoms with Gasteiger partial charge >= 0.3 is 0 Å². The summed E-state index contributed by atoms with van der Waals surface area (Å²) < 4.78 is 49.0. The lowest BCUT2D eigenvalue weighted by Crippen LogP contribution is -2.60. The van der Waals surface area contributed by atoms with E-state index in [0.717, 1.165) is 5.56 Å². The first-order chi connectivity index (χ1) is 19.2. The van der Waals surface area contributed by atoms with Gasteiger partial charge in [0.2, 0.25) is 5.43 Å². The maximum atomic E-state index is 14.2. The molecule has 8 nitrogen and oxygen atoms in total. The summed E-state index contributed by atoms with van der Waals surface area (Å²) in [5.74, 6) is -5.12. The number of ether oxygens (including phenoxy) is 1. The van der Waals surface area contributed by atoms with Crippen LogP contribution >= 0.6 is 0 Å². The second-order valence-electron chi connectivity index (χ2n) is 9.81. The lowest BCUT2D eigenvalue weighted by atomic mass is 10.1. The van der Waals surface area contributed by atoms with Crippen LogP contribution < -0.4 is 20.5 Å². The number of carbonyl (C=O) groups excluding carboxylic acids is 2. The number of aromatic nitrogens is 1. The molecular formula is C29H27F3N4O4. The Hall–Kier alpha value is -4.54. The molecule has 2 aromatic carbocycles. The number of carbonyl (C=O) groups is 2. The number of halogens is 3. The largest absolute Gasteiger partial charge is 0.482 e. The molecule has 208 valence electrons. The molecule has 11 heteroatoms. The molecule has 3 heterocycles. The third-order valence-electron chi connectivity index (χ3n) is 7.08. The minimum atomic E-state index is -1.17. The number of hydrogen-bond acceptors (Lipinski definition) is 5. The van der Waals surface area contributed by atoms with Crippen LogP contribution in [0.3, 0.4) is 0 Å². The zero-order chi connectivity index (χ0) is 28.6. The Morgan fingerprint density at radius 1 is 1.07 bits per heavy atom. The van der Waals surface area contributed by atoms with E-state index in [4.69, 9.17) is 4.74 Å². The fourth-order valence-corrected chi connectivity index (χ4v) is 4.80. The molecule has 3 aromatic rings. The van der Waals surface area contributed by atoms with Crippen molar-refractivity contribution in [2.24, 2.45) is 0 Å². The smallest absolute Gasteiger partial charge is 0.278 e. The molecule has 0 radical (unpaired) electrons. The van der Waals surface area contributed by atoms with E-state index in [-0.39, 0.29) is 42.4 Å². The van der Waals surface area contributed by atoms with Crippen LogP contribution in [-0.4, -0.2) is 40.1 Å². The summed E-state index contributed by atoms with van der Waals surface area (Å²) in [6.45, 7) is 3.34. The van der Waals surface area contributed by atoms with Gasteiger partial charge in [0.1, 0.15) is 36.3 Å². The van der Waals surface area contributed by atoms with Crippen molar-refractivity contribution in [3.63, 3.8) is 0 Å². The summed E-state index contributed by atoms with van der Waals surface area (Å²) in [7, 11) is 0. The van der Waals surface area contributed by atoms with E-state index >= 15 is 0 Å². The third kappa shape index (κ3) is 5.06. The predicted octanol–water partition coefficient (Wildman–Crippen LogP) is 3.86. The molecule has 1 N–H and O–H groups in total. The van der Waals surface area contributed by atoms with E-state index in [1.807, 2.05) is 37.1 Å². The van der Waals surface area contributed by atoms with Crippen molar-refractivity contribution in [1.82, 2.24) is 14.9 Å². The van der Waals surface area contributed by atoms with Crippen LogP contribution in [-0.2, 0) is 13.2 Å². The van der Waals surface area contributed by atoms with Crippen molar-refractivity contribution in [3.8, 4) is 5.75 Å². The zero-order valence-electron chi connectivity index (χ0n) is 21.9. The lowest BCUT2D eigenvalue weighted by Gasteiger charge is -2.45. The fraction of sp³-hybridized carbons (Fsp3) is 0.276. The van der Waals surface area contributed by atoms with E-state index in [2.05, 4.69) is 5.32 Å². The number of nitrogens with zero attached hydrogens (tertiary/aromatic N) is 3. The monoisotopic (exact) mass is 552 g/mol. The van der Waals surface area contributed by atoms with E-state index in [1.165, 1.54) is 10.9 Å². The van der Waals surface area contributed by atoms with Crippen molar-refractivity contribution in [1.29, 1.82) is 0 Å².